The first-order valence-corrected chi connectivity index (χ1v) is 12.5. The maximum atomic E-state index is 14.1. The van der Waals surface area contributed by atoms with Crippen LogP contribution in [0.25, 0.3) is 11.3 Å². The lowest BCUT2D eigenvalue weighted by atomic mass is 10.1. The minimum absolute atomic E-state index is 0.129. The fraction of sp³-hybridized carbons (Fsp3) is 0.538. The number of aromatic amines is 1. The summed E-state index contributed by atoms with van der Waals surface area (Å²) in [4.78, 5) is 47.4. The Bertz CT molecular complexity index is 1070. The lowest BCUT2D eigenvalue weighted by Crippen LogP contribution is -2.50. The second-order valence-electron chi connectivity index (χ2n) is 9.73. The van der Waals surface area contributed by atoms with Crippen LogP contribution in [0.5, 0.6) is 0 Å². The van der Waals surface area contributed by atoms with Crippen LogP contribution in [0.3, 0.4) is 0 Å². The van der Waals surface area contributed by atoms with Crippen molar-refractivity contribution in [3.63, 3.8) is 0 Å². The van der Waals surface area contributed by atoms with Crippen LogP contribution >= 0.6 is 0 Å². The number of piperidine rings is 1. The van der Waals surface area contributed by atoms with Crippen molar-refractivity contribution in [1.29, 1.82) is 0 Å². The van der Waals surface area contributed by atoms with Crippen molar-refractivity contribution in [1.82, 2.24) is 25.5 Å². The zero-order chi connectivity index (χ0) is 26.2. The molecule has 0 radical (unpaired) electrons. The fourth-order valence-corrected chi connectivity index (χ4v) is 4.13. The van der Waals surface area contributed by atoms with Gasteiger partial charge in [-0.3, -0.25) is 14.4 Å². The molecular formula is C26H35F2N5O3. The van der Waals surface area contributed by atoms with Crippen molar-refractivity contribution in [2.75, 3.05) is 13.1 Å². The van der Waals surface area contributed by atoms with Crippen molar-refractivity contribution < 1.29 is 23.2 Å². The van der Waals surface area contributed by atoms with E-state index < -0.39 is 29.6 Å². The number of hydrogen-bond donors (Lipinski definition) is 3. The summed E-state index contributed by atoms with van der Waals surface area (Å²) in [5, 5.41) is 5.52. The fourth-order valence-electron chi connectivity index (χ4n) is 4.13. The average molecular weight is 504 g/mol. The molecule has 1 aliphatic rings. The van der Waals surface area contributed by atoms with Crippen molar-refractivity contribution in [3.8, 4) is 11.3 Å². The van der Waals surface area contributed by atoms with E-state index in [0.29, 0.717) is 36.9 Å². The molecule has 0 bridgehead atoms. The Kier molecular flexibility index (Phi) is 9.55. The maximum Gasteiger partial charge on any atom is 0.243 e. The molecule has 0 saturated carbocycles. The van der Waals surface area contributed by atoms with Crippen LogP contribution in [-0.2, 0) is 14.4 Å². The summed E-state index contributed by atoms with van der Waals surface area (Å²) < 4.78 is 27.4. The summed E-state index contributed by atoms with van der Waals surface area (Å²) in [5.74, 6) is -1.68. The van der Waals surface area contributed by atoms with E-state index >= 15 is 0 Å². The summed E-state index contributed by atoms with van der Waals surface area (Å²) in [6, 6.07) is 1.60. The van der Waals surface area contributed by atoms with Crippen LogP contribution in [0, 0.1) is 17.6 Å². The standard InChI is InChI=1S/C26H35F2N5O3/c1-16(2)7-10-23(34)31-21(14-24(35)33-11-5-4-6-12-33)26(36)30-17(3)25-29-15-22(32-25)19-9-8-18(27)13-20(19)28/h8-9,13,15-17,21H,4-7,10-12,14H2,1-3H3,(H,29,32)(H,30,36)(H,31,34)/t17-,21?/m0/s1. The van der Waals surface area contributed by atoms with Crippen molar-refractivity contribution in [2.24, 2.45) is 5.92 Å². The van der Waals surface area contributed by atoms with Crippen LogP contribution in [0.15, 0.2) is 24.4 Å². The molecule has 3 rings (SSSR count). The SMILES string of the molecule is CC(C)CCC(=O)NC(CC(=O)N1CCCCC1)C(=O)N[C@@H](C)c1ncc(-c2ccc(F)cc2F)[nH]1. The smallest absolute Gasteiger partial charge is 0.243 e. The Balaban J connectivity index is 1.68. The molecule has 2 heterocycles. The predicted octanol–water partition coefficient (Wildman–Crippen LogP) is 3.86. The lowest BCUT2D eigenvalue weighted by molar-refractivity contribution is -0.137. The molecule has 196 valence electrons. The zero-order valence-corrected chi connectivity index (χ0v) is 21.1. The van der Waals surface area contributed by atoms with Crippen LogP contribution in [0.2, 0.25) is 0 Å². The molecule has 1 unspecified atom stereocenters. The van der Waals surface area contributed by atoms with Gasteiger partial charge in [0.05, 0.1) is 24.4 Å². The van der Waals surface area contributed by atoms with Gasteiger partial charge in [-0.1, -0.05) is 13.8 Å². The molecule has 1 aromatic heterocycles. The number of aromatic nitrogens is 2. The van der Waals surface area contributed by atoms with Gasteiger partial charge in [0, 0.05) is 31.1 Å². The molecule has 8 nitrogen and oxygen atoms in total. The predicted molar refractivity (Wildman–Crippen MR) is 132 cm³/mol. The van der Waals surface area contributed by atoms with Gasteiger partial charge in [-0.15, -0.1) is 0 Å². The summed E-state index contributed by atoms with van der Waals surface area (Å²) in [7, 11) is 0. The largest absolute Gasteiger partial charge is 0.345 e. The third-order valence-electron chi connectivity index (χ3n) is 6.27. The van der Waals surface area contributed by atoms with Crippen LogP contribution in [0.1, 0.15) is 71.2 Å². The Hall–Kier alpha value is -3.30. The molecule has 36 heavy (non-hydrogen) atoms. The molecule has 3 N–H and O–H groups in total. The first-order valence-electron chi connectivity index (χ1n) is 12.5. The van der Waals surface area contributed by atoms with Gasteiger partial charge < -0.3 is 20.5 Å². The highest BCUT2D eigenvalue weighted by atomic mass is 19.1. The Morgan fingerprint density at radius 2 is 1.81 bits per heavy atom. The number of carbonyl (C=O) groups excluding carboxylic acids is 3. The monoisotopic (exact) mass is 503 g/mol. The topological polar surface area (TPSA) is 107 Å². The van der Waals surface area contributed by atoms with Crippen LogP contribution in [-0.4, -0.2) is 51.7 Å². The van der Waals surface area contributed by atoms with Gasteiger partial charge in [-0.25, -0.2) is 13.8 Å². The number of benzene rings is 1. The number of nitrogens with zero attached hydrogens (tertiary/aromatic N) is 2. The normalized spacial score (nSPS) is 15.4. The molecule has 3 amide bonds. The molecule has 0 aliphatic carbocycles. The quantitative estimate of drug-likeness (QED) is 0.458. The molecule has 2 aromatic rings. The molecule has 10 heteroatoms. The van der Waals surface area contributed by atoms with Crippen LogP contribution in [0.4, 0.5) is 8.78 Å². The minimum Gasteiger partial charge on any atom is -0.345 e. The number of H-pyrrole nitrogens is 1. The third-order valence-corrected chi connectivity index (χ3v) is 6.27. The number of hydrogen-bond acceptors (Lipinski definition) is 4. The van der Waals surface area contributed by atoms with Gasteiger partial charge in [-0.05, 0) is 50.7 Å². The highest BCUT2D eigenvalue weighted by Crippen LogP contribution is 2.23. The Morgan fingerprint density at radius 3 is 2.47 bits per heavy atom. The van der Waals surface area contributed by atoms with Gasteiger partial charge in [0.15, 0.2) is 0 Å². The van der Waals surface area contributed by atoms with Gasteiger partial charge in [0.25, 0.3) is 0 Å². The summed E-state index contributed by atoms with van der Waals surface area (Å²) in [6.07, 6.45) is 5.14. The number of rotatable bonds is 10. The van der Waals surface area contributed by atoms with E-state index in [1.165, 1.54) is 12.3 Å². The average Bonchev–Trinajstić information content (AvgIpc) is 3.33. The molecule has 1 fully saturated rings. The van der Waals surface area contributed by atoms with Crippen molar-refractivity contribution in [2.45, 2.75) is 71.4 Å². The van der Waals surface area contributed by atoms with Crippen molar-refractivity contribution in [3.05, 3.63) is 41.9 Å². The van der Waals surface area contributed by atoms with Gasteiger partial charge >= 0.3 is 0 Å². The summed E-state index contributed by atoms with van der Waals surface area (Å²) in [5.41, 5.74) is 0.485. The summed E-state index contributed by atoms with van der Waals surface area (Å²) >= 11 is 0. The summed E-state index contributed by atoms with van der Waals surface area (Å²) in [6.45, 7) is 7.01. The van der Waals surface area contributed by atoms with Gasteiger partial charge in [-0.2, -0.15) is 0 Å². The van der Waals surface area contributed by atoms with Gasteiger partial charge in [0.2, 0.25) is 17.7 Å². The van der Waals surface area contributed by atoms with E-state index in [9.17, 15) is 23.2 Å². The Morgan fingerprint density at radius 1 is 1.08 bits per heavy atom. The number of carbonyl (C=O) groups is 3. The number of halogens is 2. The van der Waals surface area contributed by atoms with E-state index in [4.69, 9.17) is 0 Å². The van der Waals surface area contributed by atoms with Crippen molar-refractivity contribution >= 4 is 17.7 Å². The molecular weight excluding hydrogens is 468 g/mol. The van der Waals surface area contributed by atoms with E-state index in [0.717, 1.165) is 31.4 Å². The van der Waals surface area contributed by atoms with E-state index in [-0.39, 0.29) is 30.2 Å². The van der Waals surface area contributed by atoms with E-state index in [1.54, 1.807) is 11.8 Å². The first kappa shape index (κ1) is 27.3. The zero-order valence-electron chi connectivity index (χ0n) is 21.1. The lowest BCUT2D eigenvalue weighted by Gasteiger charge is -2.29. The molecule has 1 saturated heterocycles. The highest BCUT2D eigenvalue weighted by Gasteiger charge is 2.28. The third kappa shape index (κ3) is 7.60. The van der Waals surface area contributed by atoms with Crippen LogP contribution < -0.4 is 10.6 Å². The second-order valence-corrected chi connectivity index (χ2v) is 9.73. The number of amides is 3. The molecule has 0 spiro atoms. The first-order chi connectivity index (χ1) is 17.1. The molecule has 1 aliphatic heterocycles. The van der Waals surface area contributed by atoms with E-state index in [1.807, 2.05) is 13.8 Å². The molecule has 2 atom stereocenters. The number of imidazole rings is 1. The minimum atomic E-state index is -1.02. The Labute approximate surface area is 210 Å². The second kappa shape index (κ2) is 12.6. The number of likely N-dealkylation sites (tertiary alicyclic amines) is 1. The van der Waals surface area contributed by atoms with E-state index in [2.05, 4.69) is 20.6 Å². The maximum absolute atomic E-state index is 14.1. The molecule has 1 aromatic carbocycles. The van der Waals surface area contributed by atoms with Gasteiger partial charge in [0.1, 0.15) is 23.5 Å². The highest BCUT2D eigenvalue weighted by molar-refractivity contribution is 5.92. The number of nitrogens with one attached hydrogen (secondary N) is 3.